The van der Waals surface area contributed by atoms with Crippen LogP contribution in [-0.2, 0) is 6.18 Å². The smallest absolute Gasteiger partial charge is 0.416 e. The molecule has 0 aromatic heterocycles. The van der Waals surface area contributed by atoms with E-state index in [4.69, 9.17) is 15.2 Å². The molecule has 0 atom stereocenters. The molecule has 0 aliphatic carbocycles. The fourth-order valence-corrected chi connectivity index (χ4v) is 2.90. The number of carbonyl (C=O) groups excluding carboxylic acids is 2. The van der Waals surface area contributed by atoms with Gasteiger partial charge in [0, 0.05) is 11.3 Å². The molecule has 0 saturated carbocycles. The van der Waals surface area contributed by atoms with Crippen LogP contribution in [0.4, 0.5) is 18.9 Å². The summed E-state index contributed by atoms with van der Waals surface area (Å²) in [5, 5.41) is 2.48. The number of alkyl halides is 3. The number of aryl methyl sites for hydroxylation is 1. The van der Waals surface area contributed by atoms with Crippen molar-refractivity contribution in [2.75, 3.05) is 12.4 Å². The Hall–Kier alpha value is -4.01. The van der Waals surface area contributed by atoms with Crippen LogP contribution in [0.5, 0.6) is 17.2 Å². The van der Waals surface area contributed by atoms with Gasteiger partial charge in [0.25, 0.3) is 5.91 Å². The van der Waals surface area contributed by atoms with Crippen LogP contribution in [0.25, 0.3) is 0 Å². The summed E-state index contributed by atoms with van der Waals surface area (Å²) in [6, 6.07) is 13.3. The SMILES string of the molecule is COc1ccc(Oc2ccc(C(F)(F)F)cc2C(=O)Nc2cccc(C(N)=O)c2)c(C)c1. The number of anilines is 1. The average Bonchev–Trinajstić information content (AvgIpc) is 2.74. The third kappa shape index (κ3) is 5.18. The topological polar surface area (TPSA) is 90.7 Å². The Morgan fingerprint density at radius 2 is 1.69 bits per heavy atom. The standard InChI is InChI=1S/C23H19F3N2O4/c1-13-10-17(31-2)7-9-19(13)32-20-8-6-15(23(24,25)26)12-18(20)22(30)28-16-5-3-4-14(11-16)21(27)29/h3-12H,1-2H3,(H2,27,29)(H,28,30). The minimum absolute atomic E-state index is 0.0742. The molecule has 0 radical (unpaired) electrons. The van der Waals surface area contributed by atoms with Crippen molar-refractivity contribution in [3.8, 4) is 17.2 Å². The molecule has 0 aliphatic rings. The van der Waals surface area contributed by atoms with E-state index in [1.807, 2.05) is 0 Å². The van der Waals surface area contributed by atoms with Crippen LogP contribution in [0.3, 0.4) is 0 Å². The van der Waals surface area contributed by atoms with E-state index >= 15 is 0 Å². The molecular formula is C23H19F3N2O4. The maximum atomic E-state index is 13.3. The summed E-state index contributed by atoms with van der Waals surface area (Å²) in [7, 11) is 1.50. The van der Waals surface area contributed by atoms with Crippen LogP contribution in [0.1, 0.15) is 31.8 Å². The van der Waals surface area contributed by atoms with Gasteiger partial charge in [-0.05, 0) is 67.1 Å². The number of amides is 2. The summed E-state index contributed by atoms with van der Waals surface area (Å²) in [5.41, 5.74) is 4.87. The van der Waals surface area contributed by atoms with E-state index in [1.54, 1.807) is 25.1 Å². The van der Waals surface area contributed by atoms with Gasteiger partial charge in [-0.15, -0.1) is 0 Å². The highest BCUT2D eigenvalue weighted by Gasteiger charge is 2.32. The summed E-state index contributed by atoms with van der Waals surface area (Å²) >= 11 is 0. The van der Waals surface area contributed by atoms with Gasteiger partial charge < -0.3 is 20.5 Å². The molecule has 9 heteroatoms. The Bertz CT molecular complexity index is 1180. The lowest BCUT2D eigenvalue weighted by molar-refractivity contribution is -0.137. The number of hydrogen-bond acceptors (Lipinski definition) is 4. The normalized spacial score (nSPS) is 11.0. The number of rotatable bonds is 6. The van der Waals surface area contributed by atoms with Crippen LogP contribution in [0, 0.1) is 6.92 Å². The number of carbonyl (C=O) groups is 2. The van der Waals surface area contributed by atoms with E-state index in [0.29, 0.717) is 23.1 Å². The van der Waals surface area contributed by atoms with Gasteiger partial charge in [-0.2, -0.15) is 13.2 Å². The van der Waals surface area contributed by atoms with Crippen molar-refractivity contribution in [3.05, 3.63) is 82.9 Å². The van der Waals surface area contributed by atoms with Gasteiger partial charge in [0.15, 0.2) is 0 Å². The van der Waals surface area contributed by atoms with Crippen molar-refractivity contribution in [2.45, 2.75) is 13.1 Å². The first-order valence-corrected chi connectivity index (χ1v) is 9.33. The fraction of sp³-hybridized carbons (Fsp3) is 0.130. The molecule has 32 heavy (non-hydrogen) atoms. The molecule has 2 amide bonds. The highest BCUT2D eigenvalue weighted by atomic mass is 19.4. The minimum atomic E-state index is -4.66. The molecule has 3 rings (SSSR count). The Morgan fingerprint density at radius 1 is 0.969 bits per heavy atom. The molecule has 166 valence electrons. The quantitative estimate of drug-likeness (QED) is 0.549. The highest BCUT2D eigenvalue weighted by molar-refractivity contribution is 6.07. The maximum Gasteiger partial charge on any atom is 0.416 e. The Labute approximate surface area is 181 Å². The molecule has 0 saturated heterocycles. The van der Waals surface area contributed by atoms with Crippen LogP contribution in [0.2, 0.25) is 0 Å². The van der Waals surface area contributed by atoms with Crippen LogP contribution < -0.4 is 20.5 Å². The summed E-state index contributed by atoms with van der Waals surface area (Å²) in [5.74, 6) is -0.710. The molecule has 0 fully saturated rings. The Morgan fingerprint density at radius 3 is 2.31 bits per heavy atom. The molecular weight excluding hydrogens is 425 g/mol. The molecule has 0 unspecified atom stereocenters. The molecule has 3 aromatic carbocycles. The predicted octanol–water partition coefficient (Wildman–Crippen LogP) is 5.17. The second kappa shape index (κ2) is 9.01. The highest BCUT2D eigenvalue weighted by Crippen LogP contribution is 2.36. The number of ether oxygens (including phenoxy) is 2. The van der Waals surface area contributed by atoms with Crippen LogP contribution in [-0.4, -0.2) is 18.9 Å². The number of nitrogens with two attached hydrogens (primary N) is 1. The van der Waals surface area contributed by atoms with Gasteiger partial charge in [0.2, 0.25) is 5.91 Å². The van der Waals surface area contributed by atoms with Gasteiger partial charge in [0.1, 0.15) is 17.2 Å². The van der Waals surface area contributed by atoms with Gasteiger partial charge in [-0.25, -0.2) is 0 Å². The number of nitrogens with one attached hydrogen (secondary N) is 1. The first-order valence-electron chi connectivity index (χ1n) is 9.33. The maximum absolute atomic E-state index is 13.3. The second-order valence-electron chi connectivity index (χ2n) is 6.84. The van der Waals surface area contributed by atoms with E-state index in [-0.39, 0.29) is 22.6 Å². The number of methoxy groups -OCH3 is 1. The Kier molecular flexibility index (Phi) is 6.38. The summed E-state index contributed by atoms with van der Waals surface area (Å²) in [6.07, 6.45) is -4.66. The average molecular weight is 444 g/mol. The summed E-state index contributed by atoms with van der Waals surface area (Å²) in [6.45, 7) is 1.73. The number of hydrogen-bond donors (Lipinski definition) is 2. The molecule has 0 bridgehead atoms. The lowest BCUT2D eigenvalue weighted by Crippen LogP contribution is -2.16. The third-order valence-corrected chi connectivity index (χ3v) is 4.56. The van der Waals surface area contributed by atoms with E-state index < -0.39 is 23.6 Å². The lowest BCUT2D eigenvalue weighted by atomic mass is 10.1. The zero-order valence-corrected chi connectivity index (χ0v) is 17.1. The molecule has 0 spiro atoms. The zero-order valence-electron chi connectivity index (χ0n) is 17.1. The van der Waals surface area contributed by atoms with Gasteiger partial charge in [-0.3, -0.25) is 9.59 Å². The van der Waals surface area contributed by atoms with Gasteiger partial charge in [-0.1, -0.05) is 6.07 Å². The molecule has 0 aliphatic heterocycles. The molecule has 3 aromatic rings. The number of halogens is 3. The third-order valence-electron chi connectivity index (χ3n) is 4.56. The summed E-state index contributed by atoms with van der Waals surface area (Å²) in [4.78, 5) is 24.2. The zero-order chi connectivity index (χ0) is 23.5. The largest absolute Gasteiger partial charge is 0.497 e. The minimum Gasteiger partial charge on any atom is -0.497 e. The van der Waals surface area contributed by atoms with E-state index in [9.17, 15) is 22.8 Å². The van der Waals surface area contributed by atoms with Crippen molar-refractivity contribution in [3.63, 3.8) is 0 Å². The van der Waals surface area contributed by atoms with E-state index in [2.05, 4.69) is 5.32 Å². The first-order chi connectivity index (χ1) is 15.1. The number of benzene rings is 3. The van der Waals surface area contributed by atoms with E-state index in [1.165, 1.54) is 31.4 Å². The Balaban J connectivity index is 1.99. The summed E-state index contributed by atoms with van der Waals surface area (Å²) < 4.78 is 50.7. The van der Waals surface area contributed by atoms with Crippen LogP contribution >= 0.6 is 0 Å². The van der Waals surface area contributed by atoms with Gasteiger partial charge >= 0.3 is 6.18 Å². The van der Waals surface area contributed by atoms with Crippen LogP contribution in [0.15, 0.2) is 60.7 Å². The van der Waals surface area contributed by atoms with Crippen molar-refractivity contribution in [2.24, 2.45) is 5.73 Å². The molecule has 6 nitrogen and oxygen atoms in total. The lowest BCUT2D eigenvalue weighted by Gasteiger charge is -2.16. The monoisotopic (exact) mass is 444 g/mol. The molecule has 0 heterocycles. The van der Waals surface area contributed by atoms with Crippen molar-refractivity contribution >= 4 is 17.5 Å². The van der Waals surface area contributed by atoms with Crippen molar-refractivity contribution < 1.29 is 32.2 Å². The molecule has 3 N–H and O–H groups in total. The van der Waals surface area contributed by atoms with Crippen molar-refractivity contribution in [1.29, 1.82) is 0 Å². The predicted molar refractivity (Wildman–Crippen MR) is 112 cm³/mol. The van der Waals surface area contributed by atoms with Gasteiger partial charge in [0.05, 0.1) is 18.2 Å². The first kappa shape index (κ1) is 22.7. The second-order valence-corrected chi connectivity index (χ2v) is 6.84. The fourth-order valence-electron chi connectivity index (χ4n) is 2.90. The number of primary amides is 1. The van der Waals surface area contributed by atoms with E-state index in [0.717, 1.165) is 12.1 Å². The van der Waals surface area contributed by atoms with Crippen molar-refractivity contribution in [1.82, 2.24) is 0 Å².